The predicted octanol–water partition coefficient (Wildman–Crippen LogP) is -0.137. The largest absolute Gasteiger partial charge is 0.870 e. The van der Waals surface area contributed by atoms with Crippen molar-refractivity contribution in [2.75, 3.05) is 0 Å². The summed E-state index contributed by atoms with van der Waals surface area (Å²) in [5.41, 5.74) is 0. The average Bonchev–Trinajstić information content (AvgIpc) is 0. The van der Waals surface area contributed by atoms with Crippen molar-refractivity contribution in [1.29, 1.82) is 0 Å². The lowest BCUT2D eigenvalue weighted by Crippen LogP contribution is -0.290. The molecule has 0 radical (unpaired) electrons. The first kappa shape index (κ1) is 2790. The van der Waals surface area contributed by atoms with Crippen LogP contribution in [0.3, 0.4) is 0 Å². The van der Waals surface area contributed by atoms with Gasteiger partial charge in [0.25, 0.3) is 0 Å². The lowest BCUT2D eigenvalue weighted by atomic mass is 12.0. The Labute approximate surface area is 38.1 Å². The normalized spacial score (nSPS) is 0. The fraction of sp³-hybridized carbons (Fsp3) is 1.00. The molecule has 0 aromatic rings. The summed E-state index contributed by atoms with van der Waals surface area (Å²) in [7, 11) is 0. The second kappa shape index (κ2) is 1210. The number of rotatable bonds is 0. The molecule has 0 fully saturated rings. The molecule has 4 heteroatoms. The van der Waals surface area contributed by atoms with Crippen molar-refractivity contribution in [2.24, 2.45) is 0 Å². The van der Waals surface area contributed by atoms with Crippen LogP contribution in [0.25, 0.3) is 0 Å². The Morgan fingerprint density at radius 3 is 0.800 bits per heavy atom. The zero-order valence-corrected chi connectivity index (χ0v) is 1.89. The molecule has 0 unspecified atom stereocenters. The lowest BCUT2D eigenvalue weighted by Gasteiger charge is -0.871. The smallest absolute Gasteiger partial charge is 0 e. The molecular formula is CH20O4-2. The van der Waals surface area contributed by atoms with Crippen LogP contribution in [0.2, 0.25) is 0 Å². The highest BCUT2D eigenvalue weighted by atomic mass is 16.0. The van der Waals surface area contributed by atoms with E-state index in [0.717, 1.165) is 0 Å². The second-order valence-electron chi connectivity index (χ2n) is 0. The summed E-state index contributed by atoms with van der Waals surface area (Å²) >= 11 is 0. The predicted molar refractivity (Wildman–Crippen MR) is 28.4 cm³/mol. The highest BCUT2D eigenvalue weighted by Crippen LogP contribution is 0.144. The van der Waals surface area contributed by atoms with Gasteiger partial charge in [0.2, 0.25) is 0 Å². The van der Waals surface area contributed by atoms with Crippen LogP contribution in [0.15, 0.2) is 0 Å². The topological polar surface area (TPSA) is 123 Å². The van der Waals surface area contributed by atoms with E-state index in [1.165, 1.54) is 0 Å². The van der Waals surface area contributed by atoms with Gasteiger partial charge in [0.15, 0.2) is 0 Å². The Morgan fingerprint density at radius 2 is 0.800 bits per heavy atom. The van der Waals surface area contributed by atoms with Crippen molar-refractivity contribution >= 4 is 0 Å². The van der Waals surface area contributed by atoms with Crippen LogP contribution in [0.1, 0.15) is 14.6 Å². The van der Waals surface area contributed by atoms with Gasteiger partial charge in [-0.05, 0) is 0 Å². The maximum Gasteiger partial charge on any atom is 0 e. The number of hydrogen-bond acceptors (Lipinski definition) is 2. The van der Waals surface area contributed by atoms with Crippen LogP contribution in [0.4, 0.5) is 0 Å². The molecule has 0 saturated carbocycles. The van der Waals surface area contributed by atoms with E-state index in [2.05, 4.69) is 0 Å². The summed E-state index contributed by atoms with van der Waals surface area (Å²) in [6.07, 6.45) is 0. The Bertz CT molecular complexity index is 13.6. The van der Waals surface area contributed by atoms with Gasteiger partial charge in [0.05, 0.1) is 0 Å². The summed E-state index contributed by atoms with van der Waals surface area (Å²) in [5, 5.41) is 0. The van der Waals surface area contributed by atoms with E-state index < -0.39 is 0 Å². The molecule has 50 valence electrons. The molecule has 0 bridgehead atoms. The van der Waals surface area contributed by atoms with Gasteiger partial charge in [-0.15, -0.1) is 0 Å². The third-order valence-corrected chi connectivity index (χ3v) is 0. The van der Waals surface area contributed by atoms with E-state index in [0.29, 0.717) is 0 Å². The number of hydrogen-bond donors (Lipinski definition) is 0. The summed E-state index contributed by atoms with van der Waals surface area (Å²) in [5.74, 6) is 0. The van der Waals surface area contributed by atoms with Gasteiger partial charge in [-0.3, -0.25) is 0 Å². The standard InChI is InChI=1S/CH4.4H2O.5H2/h1H4;4*1H2;5*1H/p-2. The van der Waals surface area contributed by atoms with Gasteiger partial charge in [0.1, 0.15) is 0 Å². The van der Waals surface area contributed by atoms with E-state index in [1.807, 2.05) is 0 Å². The van der Waals surface area contributed by atoms with Gasteiger partial charge in [-0.2, -0.15) is 0 Å². The fourth-order valence-electron chi connectivity index (χ4n) is 0. The fourth-order valence-corrected chi connectivity index (χ4v) is 0. The molecule has 0 atom stereocenters. The first-order valence-corrected chi connectivity index (χ1v) is 0. The summed E-state index contributed by atoms with van der Waals surface area (Å²) in [4.78, 5) is 0. The quantitative estimate of drug-likeness (QED) is 0.416. The molecular weight excluding hydrogens is 76.0 g/mol. The lowest BCUT2D eigenvalue weighted by molar-refractivity contribution is 0.823. The molecule has 0 aliphatic carbocycles. The zero-order valence-electron chi connectivity index (χ0n) is 1.89. The van der Waals surface area contributed by atoms with Gasteiger partial charge < -0.3 is 21.9 Å². The first-order valence-electron chi connectivity index (χ1n) is 0. The molecule has 0 aromatic heterocycles. The molecule has 5 heavy (non-hydrogen) atoms. The highest BCUT2D eigenvalue weighted by Gasteiger charge is -0.0775. The van der Waals surface area contributed by atoms with Gasteiger partial charge in [-0.25, -0.2) is 0 Å². The van der Waals surface area contributed by atoms with Crippen LogP contribution < -0.4 is 0 Å². The molecule has 0 aliphatic rings. The van der Waals surface area contributed by atoms with Crippen LogP contribution in [0.5, 0.6) is 0 Å². The molecule has 0 aromatic carbocycles. The molecule has 6 N–H and O–H groups in total. The minimum atomic E-state index is 0. The Kier molecular flexibility index (Phi) is 675000. The van der Waals surface area contributed by atoms with Crippen molar-refractivity contribution in [1.82, 2.24) is 0 Å². The summed E-state index contributed by atoms with van der Waals surface area (Å²) in [6.45, 7) is 0. The molecule has 0 spiro atoms. The van der Waals surface area contributed by atoms with Gasteiger partial charge >= 0.3 is 0 Å². The maximum absolute atomic E-state index is 0. The Morgan fingerprint density at radius 1 is 0.800 bits per heavy atom. The average molecular weight is 96.2 g/mol. The van der Waals surface area contributed by atoms with E-state index in [4.69, 9.17) is 0 Å². The third kappa shape index (κ3) is 508. The first-order chi connectivity index (χ1) is 0. The van der Waals surface area contributed by atoms with Crippen LogP contribution in [0, 0.1) is 0 Å². The molecule has 0 aliphatic heterocycles. The van der Waals surface area contributed by atoms with Gasteiger partial charge in [0, 0.05) is 7.13 Å². The molecule has 0 heterocycles. The van der Waals surface area contributed by atoms with E-state index in [-0.39, 0.29) is 36.5 Å². The Balaban J connectivity index is 0. The van der Waals surface area contributed by atoms with E-state index >= 15 is 0 Å². The van der Waals surface area contributed by atoms with Crippen LogP contribution in [-0.2, 0) is 0 Å². The van der Waals surface area contributed by atoms with Crippen molar-refractivity contribution in [2.45, 2.75) is 7.43 Å². The molecule has 0 saturated heterocycles. The SMILES string of the molecule is C.O.O.[HH].[HH].[HH].[HH].[HH].[OH-].[OH-]. The third-order valence-electron chi connectivity index (χ3n) is 0. The molecule has 0 amide bonds. The van der Waals surface area contributed by atoms with E-state index in [9.17, 15) is 0 Å². The summed E-state index contributed by atoms with van der Waals surface area (Å²) < 4.78 is 0. The molecule has 0 rings (SSSR count). The minimum Gasteiger partial charge on any atom is -0.870 e. The van der Waals surface area contributed by atoms with Crippen molar-refractivity contribution in [3.63, 3.8) is 0 Å². The van der Waals surface area contributed by atoms with Crippen LogP contribution in [-0.4, -0.2) is 21.9 Å². The monoisotopic (exact) mass is 96.1 g/mol. The molecule has 4 nitrogen and oxygen atoms in total. The van der Waals surface area contributed by atoms with Gasteiger partial charge in [-0.1, -0.05) is 7.43 Å². The zero-order chi connectivity index (χ0) is 0. The van der Waals surface area contributed by atoms with E-state index in [1.54, 1.807) is 0 Å². The van der Waals surface area contributed by atoms with Crippen molar-refractivity contribution < 1.29 is 29.0 Å². The maximum atomic E-state index is 0. The van der Waals surface area contributed by atoms with Crippen molar-refractivity contribution in [3.05, 3.63) is 0 Å². The minimum absolute atomic E-state index is 0. The summed E-state index contributed by atoms with van der Waals surface area (Å²) in [6, 6.07) is 0. The van der Waals surface area contributed by atoms with Crippen LogP contribution >= 0.6 is 0 Å². The van der Waals surface area contributed by atoms with Crippen molar-refractivity contribution in [3.8, 4) is 0 Å². The Hall–Kier alpha value is -0.160. The highest BCUT2D eigenvalue weighted by molar-refractivity contribution is 2.50. The second-order valence-corrected chi connectivity index (χ2v) is 0.